The van der Waals surface area contributed by atoms with Crippen molar-refractivity contribution in [2.45, 2.75) is 38.6 Å². The van der Waals surface area contributed by atoms with Gasteiger partial charge in [-0.2, -0.15) is 0 Å². The molecule has 1 aromatic rings. The number of amides is 3. The van der Waals surface area contributed by atoms with E-state index < -0.39 is 18.5 Å². The van der Waals surface area contributed by atoms with Crippen LogP contribution in [0.3, 0.4) is 0 Å². The lowest BCUT2D eigenvalue weighted by atomic mass is 9.86. The van der Waals surface area contributed by atoms with Gasteiger partial charge in [-0.05, 0) is 42.6 Å². The second kappa shape index (κ2) is 8.14. The van der Waals surface area contributed by atoms with Gasteiger partial charge in [-0.3, -0.25) is 14.9 Å². The highest BCUT2D eigenvalue weighted by Gasteiger charge is 2.40. The molecule has 1 aromatic carbocycles. The molecule has 2 bridgehead atoms. The predicted octanol–water partition coefficient (Wildman–Crippen LogP) is 2.38. The number of carbonyl (C=O) groups excluding carboxylic acids is 3. The minimum Gasteiger partial charge on any atom is -0.456 e. The van der Waals surface area contributed by atoms with Gasteiger partial charge in [0.05, 0.1) is 0 Å². The summed E-state index contributed by atoms with van der Waals surface area (Å²) in [6.07, 6.45) is 5.23. The molecule has 0 heterocycles. The fourth-order valence-electron chi connectivity index (χ4n) is 4.03. The smallest absolute Gasteiger partial charge is 0.321 e. The summed E-state index contributed by atoms with van der Waals surface area (Å²) in [6, 6.07) is 8.78. The van der Waals surface area contributed by atoms with Gasteiger partial charge in [-0.15, -0.1) is 0 Å². The van der Waals surface area contributed by atoms with E-state index >= 15 is 0 Å². The van der Waals surface area contributed by atoms with Crippen LogP contribution in [-0.2, 0) is 20.9 Å². The molecule has 3 atom stereocenters. The zero-order valence-corrected chi connectivity index (χ0v) is 14.2. The largest absolute Gasteiger partial charge is 0.456 e. The van der Waals surface area contributed by atoms with Crippen LogP contribution in [0, 0.1) is 17.8 Å². The molecule has 2 saturated carbocycles. The number of carbonyl (C=O) groups is 3. The Hall–Kier alpha value is -2.37. The zero-order chi connectivity index (χ0) is 17.6. The number of esters is 1. The molecule has 0 saturated heterocycles. The molecule has 2 aliphatic carbocycles. The molecule has 25 heavy (non-hydrogen) atoms. The molecule has 6 nitrogen and oxygen atoms in total. The first-order chi connectivity index (χ1) is 12.1. The van der Waals surface area contributed by atoms with Crippen LogP contribution in [0.25, 0.3) is 0 Å². The predicted molar refractivity (Wildman–Crippen MR) is 91.3 cm³/mol. The van der Waals surface area contributed by atoms with Crippen LogP contribution >= 0.6 is 0 Å². The number of fused-ring (bicyclic) bond motifs is 2. The number of ether oxygens (including phenoxy) is 1. The van der Waals surface area contributed by atoms with E-state index in [1.807, 2.05) is 30.3 Å². The van der Waals surface area contributed by atoms with Gasteiger partial charge >= 0.3 is 12.0 Å². The quantitative estimate of drug-likeness (QED) is 0.776. The summed E-state index contributed by atoms with van der Waals surface area (Å²) < 4.78 is 5.01. The van der Waals surface area contributed by atoms with Crippen molar-refractivity contribution < 1.29 is 19.1 Å². The normalized spacial score (nSPS) is 23.9. The topological polar surface area (TPSA) is 84.5 Å². The average Bonchev–Trinajstić information content (AvgIpc) is 3.22. The molecule has 6 heteroatoms. The summed E-state index contributed by atoms with van der Waals surface area (Å²) in [4.78, 5) is 35.2. The minimum absolute atomic E-state index is 0.323. The average molecular weight is 344 g/mol. The molecule has 3 rings (SSSR count). The lowest BCUT2D eigenvalue weighted by molar-refractivity contribution is -0.149. The Labute approximate surface area is 147 Å². The van der Waals surface area contributed by atoms with E-state index in [0.717, 1.165) is 17.9 Å². The Morgan fingerprint density at radius 1 is 1.08 bits per heavy atom. The van der Waals surface area contributed by atoms with E-state index in [0.29, 0.717) is 24.8 Å². The van der Waals surface area contributed by atoms with Gasteiger partial charge in [0.25, 0.3) is 5.91 Å². The number of imide groups is 1. The van der Waals surface area contributed by atoms with Crippen molar-refractivity contribution in [2.24, 2.45) is 17.8 Å². The fourth-order valence-corrected chi connectivity index (χ4v) is 4.03. The van der Waals surface area contributed by atoms with Gasteiger partial charge in [0, 0.05) is 13.0 Å². The number of nitrogens with one attached hydrogen (secondary N) is 2. The van der Waals surface area contributed by atoms with Crippen LogP contribution in [-0.4, -0.2) is 24.5 Å². The summed E-state index contributed by atoms with van der Waals surface area (Å²) in [6.45, 7) is -0.0949. The van der Waals surface area contributed by atoms with Crippen molar-refractivity contribution in [2.75, 3.05) is 6.61 Å². The first kappa shape index (κ1) is 17.5. The molecule has 2 N–H and O–H groups in total. The monoisotopic (exact) mass is 344 g/mol. The van der Waals surface area contributed by atoms with Gasteiger partial charge in [0.15, 0.2) is 6.61 Å². The molecule has 0 radical (unpaired) electrons. The van der Waals surface area contributed by atoms with Crippen LogP contribution < -0.4 is 10.6 Å². The van der Waals surface area contributed by atoms with Crippen LogP contribution in [0.15, 0.2) is 30.3 Å². The molecule has 2 aliphatic rings. The maximum absolute atomic E-state index is 11.9. The molecular weight excluding hydrogens is 320 g/mol. The SMILES string of the molecule is O=C(COC(=O)C[C@H]1C[C@H]2CC[C@@H]1C2)NC(=O)NCc1ccccc1. The molecule has 0 spiro atoms. The van der Waals surface area contributed by atoms with Crippen molar-refractivity contribution >= 4 is 17.9 Å². The maximum atomic E-state index is 11.9. The third-order valence-corrected chi connectivity index (χ3v) is 5.23. The summed E-state index contributed by atoms with van der Waals surface area (Å²) in [7, 11) is 0. The summed E-state index contributed by atoms with van der Waals surface area (Å²) >= 11 is 0. The van der Waals surface area contributed by atoms with Gasteiger partial charge < -0.3 is 10.1 Å². The molecular formula is C19H24N2O4. The van der Waals surface area contributed by atoms with Gasteiger partial charge in [0.1, 0.15) is 0 Å². The van der Waals surface area contributed by atoms with E-state index in [4.69, 9.17) is 4.74 Å². The number of urea groups is 1. The molecule has 0 unspecified atom stereocenters. The van der Waals surface area contributed by atoms with E-state index in [-0.39, 0.29) is 5.97 Å². The number of benzene rings is 1. The zero-order valence-electron chi connectivity index (χ0n) is 14.2. The van der Waals surface area contributed by atoms with Crippen molar-refractivity contribution in [3.05, 3.63) is 35.9 Å². The molecule has 134 valence electrons. The van der Waals surface area contributed by atoms with Gasteiger partial charge in [0.2, 0.25) is 0 Å². The van der Waals surface area contributed by atoms with Crippen LogP contribution in [0.4, 0.5) is 4.79 Å². The summed E-state index contributed by atoms with van der Waals surface area (Å²) in [5.74, 6) is 0.863. The number of rotatable bonds is 6. The number of hydrogen-bond donors (Lipinski definition) is 2. The van der Waals surface area contributed by atoms with Crippen LogP contribution in [0.5, 0.6) is 0 Å². The van der Waals surface area contributed by atoms with Gasteiger partial charge in [-0.25, -0.2) is 4.79 Å². The highest BCUT2D eigenvalue weighted by molar-refractivity contribution is 5.95. The second-order valence-corrected chi connectivity index (χ2v) is 7.02. The van der Waals surface area contributed by atoms with Crippen LogP contribution in [0.2, 0.25) is 0 Å². The summed E-state index contributed by atoms with van der Waals surface area (Å²) in [5, 5.41) is 4.74. The molecule has 2 fully saturated rings. The van der Waals surface area contributed by atoms with Gasteiger partial charge in [-0.1, -0.05) is 36.8 Å². The maximum Gasteiger partial charge on any atom is 0.321 e. The highest BCUT2D eigenvalue weighted by Crippen LogP contribution is 2.49. The van der Waals surface area contributed by atoms with E-state index in [1.54, 1.807) is 0 Å². The lowest BCUT2D eigenvalue weighted by Crippen LogP contribution is -2.41. The minimum atomic E-state index is -0.619. The first-order valence-electron chi connectivity index (χ1n) is 8.87. The fraction of sp³-hybridized carbons (Fsp3) is 0.526. The Kier molecular flexibility index (Phi) is 5.68. The molecule has 0 aliphatic heterocycles. The second-order valence-electron chi connectivity index (χ2n) is 7.02. The first-order valence-corrected chi connectivity index (χ1v) is 8.87. The van der Waals surface area contributed by atoms with E-state index in [2.05, 4.69) is 10.6 Å². The Bertz CT molecular complexity index is 632. The third-order valence-electron chi connectivity index (χ3n) is 5.23. The van der Waals surface area contributed by atoms with E-state index in [9.17, 15) is 14.4 Å². The van der Waals surface area contributed by atoms with E-state index in [1.165, 1.54) is 19.3 Å². The standard InChI is InChI=1S/C19H24N2O4/c22-17(21-19(24)20-11-13-4-2-1-3-5-13)12-25-18(23)10-16-9-14-6-7-15(16)8-14/h1-5,14-16H,6-12H2,(H2,20,21,22,24)/t14-,15+,16+/m0/s1. The molecule has 0 aromatic heterocycles. The lowest BCUT2D eigenvalue weighted by Gasteiger charge is -2.20. The Balaban J connectivity index is 1.30. The Morgan fingerprint density at radius 3 is 2.56 bits per heavy atom. The number of hydrogen-bond acceptors (Lipinski definition) is 4. The van der Waals surface area contributed by atoms with Crippen molar-refractivity contribution in [1.82, 2.24) is 10.6 Å². The molecule has 3 amide bonds. The van der Waals surface area contributed by atoms with Crippen LogP contribution in [0.1, 0.15) is 37.7 Å². The van der Waals surface area contributed by atoms with Crippen molar-refractivity contribution in [3.8, 4) is 0 Å². The Morgan fingerprint density at radius 2 is 1.88 bits per heavy atom. The third kappa shape index (κ3) is 5.05. The summed E-state index contributed by atoms with van der Waals surface area (Å²) in [5.41, 5.74) is 0.933. The van der Waals surface area contributed by atoms with Crippen molar-refractivity contribution in [3.63, 3.8) is 0 Å². The highest BCUT2D eigenvalue weighted by atomic mass is 16.5. The van der Waals surface area contributed by atoms with Crippen molar-refractivity contribution in [1.29, 1.82) is 0 Å².